The van der Waals surface area contributed by atoms with Crippen LogP contribution in [0.4, 0.5) is 0 Å². The molecule has 3 rings (SSSR count). The number of rotatable bonds is 6. The fraction of sp³-hybridized carbons (Fsp3) is 0.636. The number of carbonyl (C=O) groups is 2. The number of hydrogen-bond acceptors (Lipinski definition) is 5. The molecule has 28 heavy (non-hydrogen) atoms. The van der Waals surface area contributed by atoms with Crippen molar-refractivity contribution in [1.29, 1.82) is 0 Å². The van der Waals surface area contributed by atoms with Gasteiger partial charge >= 0.3 is 5.97 Å². The Labute approximate surface area is 167 Å². The lowest BCUT2D eigenvalue weighted by Crippen LogP contribution is -2.45. The first-order valence-corrected chi connectivity index (χ1v) is 10.4. The van der Waals surface area contributed by atoms with Crippen LogP contribution in [0.25, 0.3) is 0 Å². The molecule has 0 aromatic heterocycles. The molecular weight excluding hydrogens is 356 g/mol. The van der Waals surface area contributed by atoms with Crippen LogP contribution in [-0.2, 0) is 20.9 Å². The molecule has 2 heterocycles. The van der Waals surface area contributed by atoms with E-state index in [1.54, 1.807) is 7.11 Å². The van der Waals surface area contributed by atoms with E-state index in [1.165, 1.54) is 0 Å². The molecule has 2 unspecified atom stereocenters. The number of piperidine rings is 1. The summed E-state index contributed by atoms with van der Waals surface area (Å²) in [7, 11) is 1.66. The Morgan fingerprint density at radius 1 is 1.21 bits per heavy atom. The number of hydrogen-bond donors (Lipinski definition) is 0. The number of benzene rings is 1. The highest BCUT2D eigenvalue weighted by molar-refractivity contribution is 5.76. The molecule has 0 saturated carbocycles. The molecular formula is C22H32N2O4. The Morgan fingerprint density at radius 2 is 2.07 bits per heavy atom. The van der Waals surface area contributed by atoms with E-state index in [2.05, 4.69) is 4.90 Å². The highest BCUT2D eigenvalue weighted by atomic mass is 16.5. The third kappa shape index (κ3) is 5.25. The third-order valence-electron chi connectivity index (χ3n) is 5.87. The minimum atomic E-state index is -0.0726. The van der Waals surface area contributed by atoms with Gasteiger partial charge in [-0.1, -0.05) is 12.1 Å². The molecule has 2 aliphatic rings. The van der Waals surface area contributed by atoms with Gasteiger partial charge in [-0.2, -0.15) is 0 Å². The summed E-state index contributed by atoms with van der Waals surface area (Å²) in [5.74, 6) is 0.928. The van der Waals surface area contributed by atoms with Gasteiger partial charge in [0.05, 0.1) is 19.6 Å². The summed E-state index contributed by atoms with van der Waals surface area (Å²) in [5.41, 5.74) is 1.09. The predicted molar refractivity (Wildman–Crippen MR) is 107 cm³/mol. The molecule has 2 fully saturated rings. The van der Waals surface area contributed by atoms with Gasteiger partial charge in [0.2, 0.25) is 5.91 Å². The first kappa shape index (κ1) is 20.6. The lowest BCUT2D eigenvalue weighted by atomic mass is 9.95. The van der Waals surface area contributed by atoms with Crippen LogP contribution in [0.5, 0.6) is 5.75 Å². The zero-order valence-corrected chi connectivity index (χ0v) is 17.1. The van der Waals surface area contributed by atoms with Gasteiger partial charge in [0.25, 0.3) is 0 Å². The minimum absolute atomic E-state index is 0.0273. The van der Waals surface area contributed by atoms with E-state index in [-0.39, 0.29) is 17.8 Å². The maximum atomic E-state index is 12.7. The molecule has 0 aliphatic carbocycles. The van der Waals surface area contributed by atoms with Crippen molar-refractivity contribution >= 4 is 11.9 Å². The zero-order valence-electron chi connectivity index (χ0n) is 17.1. The van der Waals surface area contributed by atoms with E-state index in [9.17, 15) is 9.59 Å². The van der Waals surface area contributed by atoms with Crippen LogP contribution < -0.4 is 4.74 Å². The molecule has 2 saturated heterocycles. The van der Waals surface area contributed by atoms with Crippen LogP contribution in [0.15, 0.2) is 24.3 Å². The zero-order chi connectivity index (χ0) is 19.9. The molecule has 0 N–H and O–H groups in total. The van der Waals surface area contributed by atoms with E-state index in [0.29, 0.717) is 25.6 Å². The van der Waals surface area contributed by atoms with E-state index >= 15 is 0 Å². The van der Waals surface area contributed by atoms with Crippen molar-refractivity contribution in [1.82, 2.24) is 9.80 Å². The number of carbonyl (C=O) groups excluding carboxylic acids is 2. The second kappa shape index (κ2) is 9.92. The standard InChI is InChI=1S/C22H32N2O4/c1-3-28-22(26)18-7-5-12-23(16-18)19-9-10-21(25)24(13-11-19)15-17-6-4-8-20(14-17)27-2/h4,6,8,14,18-19H,3,5,7,9-13,15-16H2,1-2H3. The van der Waals surface area contributed by atoms with Gasteiger partial charge in [-0.3, -0.25) is 14.5 Å². The van der Waals surface area contributed by atoms with E-state index in [1.807, 2.05) is 36.1 Å². The third-order valence-corrected chi connectivity index (χ3v) is 5.87. The Morgan fingerprint density at radius 3 is 2.86 bits per heavy atom. The van der Waals surface area contributed by atoms with Crippen LogP contribution >= 0.6 is 0 Å². The molecule has 1 amide bonds. The molecule has 6 heteroatoms. The molecule has 2 atom stereocenters. The Bertz CT molecular complexity index is 678. The van der Waals surface area contributed by atoms with Crippen molar-refractivity contribution in [2.45, 2.75) is 51.6 Å². The maximum absolute atomic E-state index is 12.7. The number of nitrogens with zero attached hydrogens (tertiary/aromatic N) is 2. The summed E-state index contributed by atoms with van der Waals surface area (Å²) in [6, 6.07) is 8.26. The SMILES string of the molecule is CCOC(=O)C1CCCN(C2CCC(=O)N(Cc3cccc(OC)c3)CC2)C1. The molecule has 0 spiro atoms. The largest absolute Gasteiger partial charge is 0.497 e. The fourth-order valence-electron chi connectivity index (χ4n) is 4.34. The van der Waals surface area contributed by atoms with E-state index in [0.717, 1.165) is 56.6 Å². The van der Waals surface area contributed by atoms with Crippen LogP contribution in [0.3, 0.4) is 0 Å². The Balaban J connectivity index is 1.58. The molecule has 2 aliphatic heterocycles. The summed E-state index contributed by atoms with van der Waals surface area (Å²) in [4.78, 5) is 29.2. The van der Waals surface area contributed by atoms with Gasteiger partial charge in [-0.05, 0) is 56.8 Å². The molecule has 6 nitrogen and oxygen atoms in total. The van der Waals surface area contributed by atoms with Crippen molar-refractivity contribution < 1.29 is 19.1 Å². The second-order valence-corrected chi connectivity index (χ2v) is 7.73. The second-order valence-electron chi connectivity index (χ2n) is 7.73. The summed E-state index contributed by atoms with van der Waals surface area (Å²) in [6.45, 7) is 5.42. The van der Waals surface area contributed by atoms with Crippen molar-refractivity contribution in [2.75, 3.05) is 33.4 Å². The van der Waals surface area contributed by atoms with Gasteiger partial charge in [0.1, 0.15) is 5.75 Å². The normalized spacial score (nSPS) is 23.9. The average molecular weight is 389 g/mol. The first-order valence-electron chi connectivity index (χ1n) is 10.4. The molecule has 0 bridgehead atoms. The van der Waals surface area contributed by atoms with Crippen molar-refractivity contribution in [3.63, 3.8) is 0 Å². The number of esters is 1. The maximum Gasteiger partial charge on any atom is 0.310 e. The van der Waals surface area contributed by atoms with Gasteiger partial charge < -0.3 is 14.4 Å². The van der Waals surface area contributed by atoms with Crippen molar-refractivity contribution in [3.05, 3.63) is 29.8 Å². The minimum Gasteiger partial charge on any atom is -0.497 e. The summed E-state index contributed by atoms with van der Waals surface area (Å²) in [6.07, 6.45) is 4.30. The molecule has 0 radical (unpaired) electrons. The Kier molecular flexibility index (Phi) is 7.31. The quantitative estimate of drug-likeness (QED) is 0.702. The topological polar surface area (TPSA) is 59.1 Å². The average Bonchev–Trinajstić information content (AvgIpc) is 2.90. The summed E-state index contributed by atoms with van der Waals surface area (Å²) >= 11 is 0. The first-order chi connectivity index (χ1) is 13.6. The number of likely N-dealkylation sites (tertiary alicyclic amines) is 2. The lowest BCUT2D eigenvalue weighted by molar-refractivity contribution is -0.150. The fourth-order valence-corrected chi connectivity index (χ4v) is 4.34. The number of ether oxygens (including phenoxy) is 2. The van der Waals surface area contributed by atoms with Crippen LogP contribution in [0.2, 0.25) is 0 Å². The van der Waals surface area contributed by atoms with Crippen LogP contribution in [0.1, 0.15) is 44.6 Å². The predicted octanol–water partition coefficient (Wildman–Crippen LogP) is 2.85. The van der Waals surface area contributed by atoms with Crippen LogP contribution in [-0.4, -0.2) is 61.1 Å². The lowest BCUT2D eigenvalue weighted by Gasteiger charge is -2.37. The van der Waals surface area contributed by atoms with Crippen LogP contribution in [0, 0.1) is 5.92 Å². The molecule has 1 aromatic carbocycles. The summed E-state index contributed by atoms with van der Waals surface area (Å²) < 4.78 is 10.5. The van der Waals surface area contributed by atoms with E-state index in [4.69, 9.17) is 9.47 Å². The highest BCUT2D eigenvalue weighted by Gasteiger charge is 2.32. The smallest absolute Gasteiger partial charge is 0.310 e. The summed E-state index contributed by atoms with van der Waals surface area (Å²) in [5, 5.41) is 0. The number of amides is 1. The highest BCUT2D eigenvalue weighted by Crippen LogP contribution is 2.26. The van der Waals surface area contributed by atoms with Crippen molar-refractivity contribution in [2.24, 2.45) is 5.92 Å². The van der Waals surface area contributed by atoms with E-state index < -0.39 is 0 Å². The number of methoxy groups -OCH3 is 1. The Hall–Kier alpha value is -2.08. The van der Waals surface area contributed by atoms with Gasteiger partial charge in [-0.15, -0.1) is 0 Å². The van der Waals surface area contributed by atoms with Gasteiger partial charge in [0, 0.05) is 32.1 Å². The molecule has 154 valence electrons. The monoisotopic (exact) mass is 388 g/mol. The van der Waals surface area contributed by atoms with Gasteiger partial charge in [-0.25, -0.2) is 0 Å². The van der Waals surface area contributed by atoms with Gasteiger partial charge in [0.15, 0.2) is 0 Å². The van der Waals surface area contributed by atoms with Crippen molar-refractivity contribution in [3.8, 4) is 5.75 Å². The molecule has 1 aromatic rings.